The highest BCUT2D eigenvalue weighted by atomic mass is 32.1. The van der Waals surface area contributed by atoms with E-state index >= 15 is 0 Å². The molecule has 0 unspecified atom stereocenters. The topological polar surface area (TPSA) is 54.9 Å². The fraction of sp³-hybridized carbons (Fsp3) is 0.0625. The Labute approximate surface area is 130 Å². The monoisotopic (exact) mass is 313 g/mol. The molecule has 6 heteroatoms. The van der Waals surface area contributed by atoms with E-state index in [1.54, 1.807) is 36.7 Å². The van der Waals surface area contributed by atoms with Crippen LogP contribution in [0.3, 0.4) is 0 Å². The van der Waals surface area contributed by atoms with Crippen molar-refractivity contribution < 1.29 is 9.18 Å². The number of anilines is 1. The number of halogens is 1. The predicted molar refractivity (Wildman–Crippen MR) is 84.4 cm³/mol. The first kappa shape index (κ1) is 14.3. The Morgan fingerprint density at radius 3 is 2.86 bits per heavy atom. The van der Waals surface area contributed by atoms with Crippen molar-refractivity contribution in [3.63, 3.8) is 0 Å². The van der Waals surface area contributed by atoms with Crippen LogP contribution < -0.4 is 5.32 Å². The van der Waals surface area contributed by atoms with Gasteiger partial charge in [-0.15, -0.1) is 11.3 Å². The first-order valence-corrected chi connectivity index (χ1v) is 7.40. The number of nitrogens with one attached hydrogen (secondary N) is 1. The minimum atomic E-state index is -0.345. The number of aryl methyl sites for hydroxylation is 1. The van der Waals surface area contributed by atoms with Crippen LogP contribution in [0.5, 0.6) is 0 Å². The Kier molecular flexibility index (Phi) is 3.93. The zero-order valence-electron chi connectivity index (χ0n) is 11.7. The Bertz CT molecular complexity index is 817. The lowest BCUT2D eigenvalue weighted by Gasteiger charge is -2.05. The van der Waals surface area contributed by atoms with Crippen LogP contribution in [-0.2, 0) is 0 Å². The number of hydrogen-bond donors (Lipinski definition) is 1. The van der Waals surface area contributed by atoms with Crippen LogP contribution >= 0.6 is 11.3 Å². The van der Waals surface area contributed by atoms with Gasteiger partial charge in [0.25, 0.3) is 5.91 Å². The van der Waals surface area contributed by atoms with Gasteiger partial charge < -0.3 is 5.32 Å². The smallest absolute Gasteiger partial charge is 0.275 e. The largest absolute Gasteiger partial charge is 0.319 e. The van der Waals surface area contributed by atoms with E-state index in [1.807, 2.05) is 6.92 Å². The second-order valence-corrected chi connectivity index (χ2v) is 5.82. The number of thiazole rings is 1. The molecule has 0 saturated carbocycles. The van der Waals surface area contributed by atoms with Crippen molar-refractivity contribution in [3.05, 3.63) is 65.3 Å². The number of nitrogens with zero attached hydrogens (tertiary/aromatic N) is 2. The third kappa shape index (κ3) is 3.01. The number of benzene rings is 1. The molecule has 0 radical (unpaired) electrons. The third-order valence-electron chi connectivity index (χ3n) is 2.96. The lowest BCUT2D eigenvalue weighted by Crippen LogP contribution is -2.13. The summed E-state index contributed by atoms with van der Waals surface area (Å²) in [6, 6.07) is 9.61. The van der Waals surface area contributed by atoms with E-state index in [-0.39, 0.29) is 17.4 Å². The maximum Gasteiger partial charge on any atom is 0.275 e. The number of aromatic nitrogens is 2. The molecule has 0 saturated heterocycles. The van der Waals surface area contributed by atoms with Gasteiger partial charge in [0.1, 0.15) is 11.5 Å². The van der Waals surface area contributed by atoms with Gasteiger partial charge in [-0.25, -0.2) is 9.37 Å². The van der Waals surface area contributed by atoms with Crippen molar-refractivity contribution in [1.82, 2.24) is 9.97 Å². The van der Waals surface area contributed by atoms with Gasteiger partial charge in [0.05, 0.1) is 21.8 Å². The molecule has 0 atom stereocenters. The van der Waals surface area contributed by atoms with Gasteiger partial charge in [0, 0.05) is 6.20 Å². The Balaban J connectivity index is 1.96. The minimum absolute atomic E-state index is 0.289. The highest BCUT2D eigenvalue weighted by Gasteiger charge is 2.18. The summed E-state index contributed by atoms with van der Waals surface area (Å²) in [7, 11) is 0. The van der Waals surface area contributed by atoms with E-state index in [0.717, 1.165) is 5.01 Å². The molecule has 0 fully saturated rings. The summed E-state index contributed by atoms with van der Waals surface area (Å²) in [6.07, 6.45) is 3.18. The van der Waals surface area contributed by atoms with Crippen LogP contribution in [-0.4, -0.2) is 15.9 Å². The number of pyridine rings is 1. The molecular weight excluding hydrogens is 301 g/mol. The van der Waals surface area contributed by atoms with Crippen molar-refractivity contribution in [2.75, 3.05) is 5.32 Å². The molecule has 110 valence electrons. The second-order valence-electron chi connectivity index (χ2n) is 4.62. The van der Waals surface area contributed by atoms with E-state index in [9.17, 15) is 9.18 Å². The van der Waals surface area contributed by atoms with E-state index in [2.05, 4.69) is 15.3 Å². The lowest BCUT2D eigenvalue weighted by atomic mass is 10.1. The first-order valence-electron chi connectivity index (χ1n) is 6.58. The van der Waals surface area contributed by atoms with Gasteiger partial charge >= 0.3 is 0 Å². The average molecular weight is 313 g/mol. The van der Waals surface area contributed by atoms with Gasteiger partial charge in [-0.2, -0.15) is 0 Å². The minimum Gasteiger partial charge on any atom is -0.319 e. The number of amides is 1. The molecule has 4 nitrogen and oxygen atoms in total. The number of rotatable bonds is 3. The zero-order valence-corrected chi connectivity index (χ0v) is 12.5. The molecule has 0 aliphatic heterocycles. The summed E-state index contributed by atoms with van der Waals surface area (Å²) in [5.74, 6) is -0.682. The van der Waals surface area contributed by atoms with Gasteiger partial charge in [-0.3, -0.25) is 9.78 Å². The maximum absolute atomic E-state index is 13.4. The number of hydrogen-bond acceptors (Lipinski definition) is 4. The molecule has 0 spiro atoms. The fourth-order valence-corrected chi connectivity index (χ4v) is 2.95. The van der Waals surface area contributed by atoms with Crippen LogP contribution in [0.4, 0.5) is 10.1 Å². The fourth-order valence-electron chi connectivity index (χ4n) is 2.03. The zero-order chi connectivity index (χ0) is 15.5. The van der Waals surface area contributed by atoms with Crippen molar-refractivity contribution in [2.24, 2.45) is 0 Å². The molecular formula is C16H12FN3OS. The summed E-state index contributed by atoms with van der Waals surface area (Å²) >= 11 is 1.36. The number of carbonyl (C=O) groups excluding carboxylic acids is 1. The highest BCUT2D eigenvalue weighted by Crippen LogP contribution is 2.31. The van der Waals surface area contributed by atoms with Crippen molar-refractivity contribution in [3.8, 4) is 10.4 Å². The molecule has 2 aromatic heterocycles. The molecule has 3 rings (SSSR count). The summed E-state index contributed by atoms with van der Waals surface area (Å²) in [6.45, 7) is 1.81. The maximum atomic E-state index is 13.4. The highest BCUT2D eigenvalue weighted by molar-refractivity contribution is 7.15. The average Bonchev–Trinajstić information content (AvgIpc) is 2.90. The van der Waals surface area contributed by atoms with E-state index in [4.69, 9.17) is 0 Å². The molecule has 0 aliphatic rings. The molecule has 1 amide bonds. The standard InChI is InChI=1S/C16H12FN3OS/c1-10-19-14(16(21)20-13-6-3-7-18-9-13)15(22-10)11-4-2-5-12(17)8-11/h2-9H,1H3,(H,20,21). The lowest BCUT2D eigenvalue weighted by molar-refractivity contribution is 0.102. The Morgan fingerprint density at radius 2 is 2.14 bits per heavy atom. The van der Waals surface area contributed by atoms with Crippen molar-refractivity contribution >= 4 is 22.9 Å². The quantitative estimate of drug-likeness (QED) is 0.797. The molecule has 1 N–H and O–H groups in total. The van der Waals surface area contributed by atoms with Gasteiger partial charge in [-0.1, -0.05) is 12.1 Å². The van der Waals surface area contributed by atoms with Gasteiger partial charge in [-0.05, 0) is 36.8 Å². The predicted octanol–water partition coefficient (Wildman–Crippen LogP) is 3.90. The van der Waals surface area contributed by atoms with Crippen LogP contribution in [0.2, 0.25) is 0 Å². The molecule has 2 heterocycles. The second kappa shape index (κ2) is 6.03. The van der Waals surface area contributed by atoms with E-state index in [0.29, 0.717) is 16.1 Å². The van der Waals surface area contributed by atoms with Gasteiger partial charge in [0.15, 0.2) is 0 Å². The summed E-state index contributed by atoms with van der Waals surface area (Å²) in [5, 5.41) is 3.49. The van der Waals surface area contributed by atoms with Crippen LogP contribution in [0.1, 0.15) is 15.5 Å². The van der Waals surface area contributed by atoms with Crippen molar-refractivity contribution in [1.29, 1.82) is 0 Å². The molecule has 22 heavy (non-hydrogen) atoms. The molecule has 3 aromatic rings. The van der Waals surface area contributed by atoms with Gasteiger partial charge in [0.2, 0.25) is 0 Å². The molecule has 0 aliphatic carbocycles. The molecule has 1 aromatic carbocycles. The molecule has 0 bridgehead atoms. The summed E-state index contributed by atoms with van der Waals surface area (Å²) in [5.41, 5.74) is 1.52. The first-order chi connectivity index (χ1) is 10.6. The SMILES string of the molecule is Cc1nc(C(=O)Nc2cccnc2)c(-c2cccc(F)c2)s1. The number of carbonyl (C=O) groups is 1. The van der Waals surface area contributed by atoms with Crippen molar-refractivity contribution in [2.45, 2.75) is 6.92 Å². The Hall–Kier alpha value is -2.60. The van der Waals surface area contributed by atoms with Crippen LogP contribution in [0.25, 0.3) is 10.4 Å². The van der Waals surface area contributed by atoms with Crippen LogP contribution in [0.15, 0.2) is 48.8 Å². The Morgan fingerprint density at radius 1 is 1.27 bits per heavy atom. The van der Waals surface area contributed by atoms with Crippen LogP contribution in [0, 0.1) is 12.7 Å². The normalized spacial score (nSPS) is 10.5. The summed E-state index contributed by atoms with van der Waals surface area (Å²) < 4.78 is 13.4. The third-order valence-corrected chi connectivity index (χ3v) is 3.98. The summed E-state index contributed by atoms with van der Waals surface area (Å²) in [4.78, 5) is 21.3. The van der Waals surface area contributed by atoms with E-state index in [1.165, 1.54) is 23.5 Å². The van der Waals surface area contributed by atoms with E-state index < -0.39 is 0 Å².